The van der Waals surface area contributed by atoms with Gasteiger partial charge in [-0.3, -0.25) is 15.1 Å². The fourth-order valence-corrected chi connectivity index (χ4v) is 9.39. The number of anilines is 2. The lowest BCUT2D eigenvalue weighted by molar-refractivity contribution is 0.0122. The molecule has 0 radical (unpaired) electrons. The molecule has 12 nitrogen and oxygen atoms in total. The molecule has 0 aliphatic carbocycles. The third-order valence-electron chi connectivity index (χ3n) is 10.4. The highest BCUT2D eigenvalue weighted by molar-refractivity contribution is 7.23. The number of carbonyl (C=O) groups is 2. The minimum absolute atomic E-state index is 0.00650. The molecule has 3 saturated heterocycles. The summed E-state index contributed by atoms with van der Waals surface area (Å²) in [4.78, 5) is 41.3. The van der Waals surface area contributed by atoms with Gasteiger partial charge in [0, 0.05) is 49.1 Å². The zero-order chi connectivity index (χ0) is 41.8. The lowest BCUT2D eigenvalue weighted by Gasteiger charge is -2.42. The van der Waals surface area contributed by atoms with Crippen molar-refractivity contribution in [2.75, 3.05) is 42.9 Å². The van der Waals surface area contributed by atoms with E-state index in [2.05, 4.69) is 21.3 Å². The number of thiophene rings is 1. The molecule has 1 N–H and O–H groups in total. The van der Waals surface area contributed by atoms with Gasteiger partial charge >= 0.3 is 18.2 Å². The summed E-state index contributed by atoms with van der Waals surface area (Å²) in [6.45, 7) is 14.7. The van der Waals surface area contributed by atoms with Crippen molar-refractivity contribution in [3.05, 3.63) is 40.4 Å². The van der Waals surface area contributed by atoms with E-state index in [9.17, 15) is 19.2 Å². The molecule has 2 aromatic heterocycles. The minimum atomic E-state index is -0.853. The number of nitrogens with zero attached hydrogens (tertiary/aromatic N) is 6. The Bertz CT molecular complexity index is 2290. The van der Waals surface area contributed by atoms with Gasteiger partial charge in [-0.2, -0.15) is 15.2 Å². The molecule has 3 aliphatic rings. The van der Waals surface area contributed by atoms with Crippen LogP contribution in [0.1, 0.15) is 79.7 Å². The number of carbonyl (C=O) groups excluding carboxylic acids is 2. The van der Waals surface area contributed by atoms with E-state index in [-0.39, 0.29) is 71.9 Å². The van der Waals surface area contributed by atoms with Crippen LogP contribution >= 0.6 is 22.9 Å². The molecule has 17 heteroatoms. The molecule has 3 atom stereocenters. The number of nitrogens with one attached hydrogen (secondary N) is 1. The number of benzene rings is 2. The van der Waals surface area contributed by atoms with Crippen LogP contribution in [0.15, 0.2) is 18.2 Å². The fourth-order valence-electron chi connectivity index (χ4n) is 8.03. The summed E-state index contributed by atoms with van der Waals surface area (Å²) in [6, 6.07) is 5.61. The highest BCUT2D eigenvalue weighted by Crippen LogP contribution is 2.47. The van der Waals surface area contributed by atoms with Crippen molar-refractivity contribution in [1.82, 2.24) is 19.8 Å². The van der Waals surface area contributed by atoms with Crippen molar-refractivity contribution >= 4 is 66.9 Å². The first-order valence-corrected chi connectivity index (χ1v) is 20.6. The van der Waals surface area contributed by atoms with Crippen molar-refractivity contribution in [2.45, 2.75) is 110 Å². The monoisotopic (exact) mass is 841 g/mol. The minimum Gasteiger partial charge on any atom is -0.459 e. The number of hydrogen-bond acceptors (Lipinski definition) is 11. The number of likely N-dealkylation sites (tertiary alicyclic amines) is 1. The Balaban J connectivity index is 1.32. The van der Waals surface area contributed by atoms with Crippen molar-refractivity contribution in [3.8, 4) is 23.2 Å². The van der Waals surface area contributed by atoms with Gasteiger partial charge in [-0.15, -0.1) is 11.3 Å². The van der Waals surface area contributed by atoms with Gasteiger partial charge in [0.1, 0.15) is 51.7 Å². The van der Waals surface area contributed by atoms with Gasteiger partial charge in [0.05, 0.1) is 27.4 Å². The number of amides is 2. The van der Waals surface area contributed by atoms with Crippen molar-refractivity contribution in [1.29, 1.82) is 5.26 Å². The van der Waals surface area contributed by atoms with Crippen LogP contribution in [0.2, 0.25) is 5.02 Å². The van der Waals surface area contributed by atoms with E-state index in [0.717, 1.165) is 30.2 Å². The number of halogens is 4. The molecule has 3 fully saturated rings. The number of piperazine rings is 1. The quantitative estimate of drug-likeness (QED) is 0.192. The zero-order valence-electron chi connectivity index (χ0n) is 33.6. The molecular weight excluding hydrogens is 795 g/mol. The number of nitriles is 1. The maximum Gasteiger partial charge on any atom is 0.412 e. The highest BCUT2D eigenvalue weighted by Gasteiger charge is 2.45. The van der Waals surface area contributed by atoms with Gasteiger partial charge in [0.25, 0.3) is 0 Å². The van der Waals surface area contributed by atoms with Crippen LogP contribution in [0.25, 0.3) is 32.1 Å². The Morgan fingerprint density at radius 1 is 1.03 bits per heavy atom. The van der Waals surface area contributed by atoms with Gasteiger partial charge in [-0.1, -0.05) is 17.7 Å². The molecule has 3 aliphatic heterocycles. The fraction of sp³-hybridized carbons (Fsp3) is 0.537. The molecule has 310 valence electrons. The van der Waals surface area contributed by atoms with Crippen LogP contribution in [-0.2, 0) is 9.47 Å². The molecule has 0 spiro atoms. The van der Waals surface area contributed by atoms with Gasteiger partial charge in [0.15, 0.2) is 5.82 Å². The average molecular weight is 842 g/mol. The Morgan fingerprint density at radius 3 is 2.31 bits per heavy atom. The lowest BCUT2D eigenvalue weighted by atomic mass is 9.97. The van der Waals surface area contributed by atoms with Crippen molar-refractivity contribution < 1.29 is 37.0 Å². The van der Waals surface area contributed by atoms with Crippen LogP contribution in [0.4, 0.5) is 33.6 Å². The van der Waals surface area contributed by atoms with Crippen LogP contribution in [0, 0.1) is 23.0 Å². The number of piperidine rings is 1. The normalized spacial score (nSPS) is 19.7. The molecule has 58 heavy (non-hydrogen) atoms. The third-order valence-corrected chi connectivity index (χ3v) is 11.8. The average Bonchev–Trinajstić information content (AvgIpc) is 3.62. The molecule has 0 saturated carbocycles. The number of fused-ring (bicyclic) bond motifs is 4. The Morgan fingerprint density at radius 2 is 1.69 bits per heavy atom. The molecule has 2 bridgehead atoms. The molecule has 4 aromatic rings. The maximum absolute atomic E-state index is 17.4. The van der Waals surface area contributed by atoms with Gasteiger partial charge < -0.3 is 19.1 Å². The van der Waals surface area contributed by atoms with E-state index in [1.165, 1.54) is 6.07 Å². The van der Waals surface area contributed by atoms with E-state index < -0.39 is 41.2 Å². The van der Waals surface area contributed by atoms with Crippen molar-refractivity contribution in [3.63, 3.8) is 0 Å². The van der Waals surface area contributed by atoms with Crippen molar-refractivity contribution in [2.24, 2.45) is 0 Å². The summed E-state index contributed by atoms with van der Waals surface area (Å²) in [7, 11) is 0. The number of aromatic nitrogens is 2. The maximum atomic E-state index is 17.4. The Kier molecular flexibility index (Phi) is 11.4. The molecule has 2 aromatic carbocycles. The van der Waals surface area contributed by atoms with E-state index in [4.69, 9.17) is 30.8 Å². The first-order valence-electron chi connectivity index (χ1n) is 19.4. The second-order valence-corrected chi connectivity index (χ2v) is 18.6. The van der Waals surface area contributed by atoms with E-state index in [1.54, 1.807) is 31.7 Å². The topological polar surface area (TPSA) is 133 Å². The standard InChI is InChI=1S/C41H47ClF3N7O5S/c1-21(18-50-14-12-22(43)13-15-50)55-37-47-33-26(35(48-37)51-19-23-8-9-24(20-51)52(23)39(54)57-41(5,6)7)16-28(42)31(32(33)45)25-10-11-29(44)34-30(25)27(17-46)36(58-34)49-38(53)56-40(2,3)4/h10-11,16,21-24H,8-9,12-15,18-20H2,1-7H3,(H,49,53). The van der Waals surface area contributed by atoms with E-state index >= 15 is 8.78 Å². The van der Waals surface area contributed by atoms with E-state index in [1.807, 2.05) is 32.6 Å². The molecule has 7 rings (SSSR count). The lowest BCUT2D eigenvalue weighted by Crippen LogP contribution is -2.57. The number of ether oxygens (including phenoxy) is 3. The van der Waals surface area contributed by atoms with Gasteiger partial charge in [0.2, 0.25) is 0 Å². The summed E-state index contributed by atoms with van der Waals surface area (Å²) in [5.41, 5.74) is -1.74. The molecular formula is C41H47ClF3N7O5S. The first-order chi connectivity index (χ1) is 27.3. The predicted octanol–water partition coefficient (Wildman–Crippen LogP) is 9.45. The Hall–Kier alpha value is -4.59. The Labute approximate surface area is 344 Å². The zero-order valence-corrected chi connectivity index (χ0v) is 35.1. The summed E-state index contributed by atoms with van der Waals surface area (Å²) in [6.07, 6.45) is -0.162. The van der Waals surface area contributed by atoms with E-state index in [0.29, 0.717) is 51.4 Å². The van der Waals surface area contributed by atoms with Crippen LogP contribution < -0.4 is 15.0 Å². The third kappa shape index (κ3) is 8.58. The largest absolute Gasteiger partial charge is 0.459 e. The van der Waals surface area contributed by atoms with Crippen LogP contribution in [0.5, 0.6) is 6.01 Å². The summed E-state index contributed by atoms with van der Waals surface area (Å²) in [5.74, 6) is -1.17. The summed E-state index contributed by atoms with van der Waals surface area (Å²) in [5, 5.41) is 13.2. The summed E-state index contributed by atoms with van der Waals surface area (Å²) >= 11 is 7.80. The number of alkyl halides is 1. The summed E-state index contributed by atoms with van der Waals surface area (Å²) < 4.78 is 64.2. The predicted molar refractivity (Wildman–Crippen MR) is 218 cm³/mol. The van der Waals surface area contributed by atoms with Crippen LogP contribution in [-0.4, -0.2) is 100 Å². The smallest absolute Gasteiger partial charge is 0.412 e. The number of hydrogen-bond donors (Lipinski definition) is 1. The van der Waals surface area contributed by atoms with Gasteiger partial charge in [-0.25, -0.2) is 22.8 Å². The SMILES string of the molecule is CC(CN1CCC(F)CC1)Oc1nc(N2CC3CCC(C2)N3C(=O)OC(C)(C)C)c2cc(Cl)c(-c3ccc(F)c4sc(NC(=O)OC(C)(C)C)c(C#N)c34)c(F)c2n1. The molecule has 5 heterocycles. The second-order valence-electron chi connectivity index (χ2n) is 17.2. The first kappa shape index (κ1) is 41.6. The second kappa shape index (κ2) is 15.9. The van der Waals surface area contributed by atoms with Crippen LogP contribution in [0.3, 0.4) is 0 Å². The highest BCUT2D eigenvalue weighted by atomic mass is 35.5. The molecule has 3 unspecified atom stereocenters. The van der Waals surface area contributed by atoms with Gasteiger partial charge in [-0.05, 0) is 91.8 Å². The number of rotatable bonds is 7. The molecule has 2 amide bonds.